The summed E-state index contributed by atoms with van der Waals surface area (Å²) in [5.41, 5.74) is 36.2. The monoisotopic (exact) mass is 1090 g/mol. The molecule has 0 bridgehead atoms. The summed E-state index contributed by atoms with van der Waals surface area (Å²) in [5.74, 6) is -11.4. The highest BCUT2D eigenvalue weighted by Gasteiger charge is 2.40. The first kappa shape index (κ1) is 68.0. The van der Waals surface area contributed by atoms with E-state index >= 15 is 0 Å². The molecule has 0 saturated heterocycles. The number of nitrogens with one attached hydrogen (secondary N) is 2. The number of benzene rings is 1. The van der Waals surface area contributed by atoms with Gasteiger partial charge in [0.15, 0.2) is 11.9 Å². The Bertz CT molecular complexity index is 2080. The number of nitrogens with two attached hydrogens (primary N) is 6. The molecule has 2 heterocycles. The molecule has 0 saturated carbocycles. The lowest BCUT2D eigenvalue weighted by Gasteiger charge is -2.11. The highest BCUT2D eigenvalue weighted by atomic mass is 19.4. The van der Waals surface area contributed by atoms with Crippen LogP contribution in [0.1, 0.15) is 38.5 Å². The predicted octanol–water partition coefficient (Wildman–Crippen LogP) is 0.511. The highest BCUT2D eigenvalue weighted by molar-refractivity contribution is 5.82. The molecule has 26 nitrogen and oxygen atoms in total. The van der Waals surface area contributed by atoms with Gasteiger partial charge in [0.05, 0.1) is 24.5 Å². The van der Waals surface area contributed by atoms with E-state index in [1.165, 1.54) is 0 Å². The van der Waals surface area contributed by atoms with Crippen LogP contribution in [0.15, 0.2) is 46.6 Å². The van der Waals surface area contributed by atoms with Crippen molar-refractivity contribution in [2.45, 2.75) is 88.4 Å². The molecule has 74 heavy (non-hydrogen) atoms. The minimum atomic E-state index is -5.08. The SMILES string of the molecule is NC(N)=NCCC[C@H](N)C(=O)NCCCn1cc(-c2cccc(-c3cn(CCCNC(=O)[C@@H](N)CCCN=C(N)N)nn3)c2)nn1.O=C(O)C(F)(F)F.O=C(O)C(F)(F)F.O=C(O)C(F)(F)F.O=C(O)C(F)(F)F. The molecular formula is C36H50F12N16O10. The zero-order valence-electron chi connectivity index (χ0n) is 37.9. The number of aryl methyl sites for hydroxylation is 2. The Balaban J connectivity index is 0. The lowest BCUT2D eigenvalue weighted by Crippen LogP contribution is -2.41. The van der Waals surface area contributed by atoms with Crippen LogP contribution in [-0.4, -0.2) is 161 Å². The first-order chi connectivity index (χ1) is 33.9. The normalized spacial score (nSPS) is 11.9. The van der Waals surface area contributed by atoms with Crippen molar-refractivity contribution >= 4 is 47.6 Å². The Morgan fingerprint density at radius 2 is 0.824 bits per heavy atom. The Kier molecular flexibility index (Phi) is 30.2. The van der Waals surface area contributed by atoms with Crippen LogP contribution in [0.5, 0.6) is 0 Å². The summed E-state index contributed by atoms with van der Waals surface area (Å²) >= 11 is 0. The average Bonchev–Trinajstić information content (AvgIpc) is 3.97. The van der Waals surface area contributed by atoms with E-state index in [4.69, 9.17) is 74.0 Å². The van der Waals surface area contributed by atoms with Crippen molar-refractivity contribution in [3.8, 4) is 22.5 Å². The number of carbonyl (C=O) groups excluding carboxylic acids is 2. The number of aliphatic imine (C=N–C) groups is 2. The van der Waals surface area contributed by atoms with Gasteiger partial charge in [0.25, 0.3) is 0 Å². The van der Waals surface area contributed by atoms with Crippen molar-refractivity contribution in [2.24, 2.45) is 44.4 Å². The maximum atomic E-state index is 12.2. The molecule has 2 amide bonds. The summed E-state index contributed by atoms with van der Waals surface area (Å²) in [5, 5.41) is 51.2. The highest BCUT2D eigenvalue weighted by Crippen LogP contribution is 2.24. The standard InChI is InChI=1S/C28H46N16O2.4C2HF3O2/c29-21(8-2-10-37-27(31)32)25(45)35-12-4-14-43-17-23(39-41-43)19-6-1-7-20(16-19)24-18-44(42-40-24)15-5-13-36-26(46)22(30)9-3-11-38-28(33)34;4*3-2(4,5)1(6)7/h1,6-7,16-18,21-22H,2-5,8-15,29-30H2,(H,35,45)(H,36,46)(H4,31,32,37)(H4,33,34,38);4*(H,6,7)/t21-,22-;;;;/m0..../s1. The molecule has 0 fully saturated rings. The second-order valence-electron chi connectivity index (χ2n) is 13.9. The molecule has 1 aromatic carbocycles. The van der Waals surface area contributed by atoms with Crippen molar-refractivity contribution in [3.05, 3.63) is 36.7 Å². The number of carboxylic acid groups (broad SMARTS) is 4. The molecular weight excluding hydrogens is 1040 g/mol. The second kappa shape index (κ2) is 32.8. The van der Waals surface area contributed by atoms with Gasteiger partial charge in [-0.05, 0) is 44.6 Å². The molecule has 0 aliphatic rings. The van der Waals surface area contributed by atoms with Gasteiger partial charge in [-0.15, -0.1) is 10.2 Å². The van der Waals surface area contributed by atoms with Crippen LogP contribution in [0.25, 0.3) is 22.5 Å². The first-order valence-electron chi connectivity index (χ1n) is 20.2. The number of aromatic nitrogens is 6. The zero-order chi connectivity index (χ0) is 57.6. The van der Waals surface area contributed by atoms with Crippen molar-refractivity contribution in [1.82, 2.24) is 40.6 Å². The molecule has 18 N–H and O–H groups in total. The van der Waals surface area contributed by atoms with E-state index < -0.39 is 60.7 Å². The van der Waals surface area contributed by atoms with Gasteiger partial charge in [-0.2, -0.15) is 52.7 Å². The first-order valence-corrected chi connectivity index (χ1v) is 20.2. The second-order valence-corrected chi connectivity index (χ2v) is 13.9. The third kappa shape index (κ3) is 32.8. The van der Waals surface area contributed by atoms with Crippen LogP contribution in [0.3, 0.4) is 0 Å². The van der Waals surface area contributed by atoms with Crippen molar-refractivity contribution in [3.63, 3.8) is 0 Å². The minimum Gasteiger partial charge on any atom is -0.475 e. The van der Waals surface area contributed by atoms with Crippen molar-refractivity contribution in [2.75, 3.05) is 26.2 Å². The number of rotatable bonds is 20. The van der Waals surface area contributed by atoms with Gasteiger partial charge in [0.2, 0.25) is 11.8 Å². The molecule has 2 aromatic heterocycles. The van der Waals surface area contributed by atoms with E-state index in [0.717, 1.165) is 11.1 Å². The van der Waals surface area contributed by atoms with Crippen LogP contribution in [0, 0.1) is 0 Å². The smallest absolute Gasteiger partial charge is 0.475 e. The summed E-state index contributed by atoms with van der Waals surface area (Å²) < 4.78 is 130. The number of carboxylic acids is 4. The molecule has 3 aromatic rings. The van der Waals surface area contributed by atoms with Crippen LogP contribution in [0.4, 0.5) is 52.7 Å². The van der Waals surface area contributed by atoms with Gasteiger partial charge in [0.1, 0.15) is 11.4 Å². The largest absolute Gasteiger partial charge is 0.490 e. The quantitative estimate of drug-likeness (QED) is 0.0317. The molecule has 0 aliphatic carbocycles. The Labute approximate surface area is 408 Å². The fourth-order valence-electron chi connectivity index (χ4n) is 4.39. The van der Waals surface area contributed by atoms with E-state index in [1.54, 1.807) is 9.36 Å². The van der Waals surface area contributed by atoms with Gasteiger partial charge in [0, 0.05) is 50.4 Å². The number of carbonyl (C=O) groups is 6. The number of nitrogens with zero attached hydrogens (tertiary/aromatic N) is 8. The Morgan fingerprint density at radius 3 is 1.08 bits per heavy atom. The summed E-state index contributed by atoms with van der Waals surface area (Å²) in [7, 11) is 0. The van der Waals surface area contributed by atoms with Crippen LogP contribution >= 0.6 is 0 Å². The van der Waals surface area contributed by atoms with Crippen molar-refractivity contribution < 1.29 is 102 Å². The van der Waals surface area contributed by atoms with Gasteiger partial charge in [-0.25, -0.2) is 19.2 Å². The predicted molar refractivity (Wildman–Crippen MR) is 230 cm³/mol. The van der Waals surface area contributed by atoms with E-state index in [2.05, 4.69) is 41.2 Å². The van der Waals surface area contributed by atoms with Crippen molar-refractivity contribution in [1.29, 1.82) is 0 Å². The number of amides is 2. The zero-order valence-corrected chi connectivity index (χ0v) is 37.9. The average molecular weight is 1090 g/mol. The van der Waals surface area contributed by atoms with E-state index in [-0.39, 0.29) is 23.7 Å². The fourth-order valence-corrected chi connectivity index (χ4v) is 4.39. The third-order valence-electron chi connectivity index (χ3n) is 7.84. The van der Waals surface area contributed by atoms with Gasteiger partial charge in [-0.3, -0.25) is 28.9 Å². The lowest BCUT2D eigenvalue weighted by atomic mass is 10.1. The van der Waals surface area contributed by atoms with Gasteiger partial charge in [-0.1, -0.05) is 28.6 Å². The number of hydrogen-bond donors (Lipinski definition) is 12. The van der Waals surface area contributed by atoms with Gasteiger partial charge >= 0.3 is 48.6 Å². The molecule has 3 rings (SSSR count). The molecule has 38 heteroatoms. The number of halogens is 12. The van der Waals surface area contributed by atoms with Crippen LogP contribution in [0.2, 0.25) is 0 Å². The Morgan fingerprint density at radius 1 is 0.541 bits per heavy atom. The fraction of sp³-hybridized carbons (Fsp3) is 0.500. The Hall–Kier alpha value is -8.06. The molecule has 0 radical (unpaired) electrons. The number of guanidine groups is 2. The number of alkyl halides is 12. The molecule has 0 spiro atoms. The maximum Gasteiger partial charge on any atom is 0.490 e. The topological polar surface area (TPSA) is 450 Å². The maximum absolute atomic E-state index is 12.2. The summed E-state index contributed by atoms with van der Waals surface area (Å²) in [6, 6.07) is 6.58. The molecule has 0 unspecified atom stereocenters. The molecule has 2 atom stereocenters. The van der Waals surface area contributed by atoms with E-state index in [1.807, 2.05) is 36.7 Å². The van der Waals surface area contributed by atoms with E-state index in [9.17, 15) is 62.3 Å². The van der Waals surface area contributed by atoms with Crippen LogP contribution < -0.4 is 45.0 Å². The molecule has 0 aliphatic heterocycles. The number of hydrogen-bond acceptors (Lipinski definition) is 14. The van der Waals surface area contributed by atoms with Gasteiger partial charge < -0.3 is 65.5 Å². The summed E-state index contributed by atoms with van der Waals surface area (Å²) in [6.45, 7) is 2.95. The third-order valence-corrected chi connectivity index (χ3v) is 7.84. The summed E-state index contributed by atoms with van der Waals surface area (Å²) in [6.07, 6.45) is -13.1. The molecule has 418 valence electrons. The lowest BCUT2D eigenvalue weighted by molar-refractivity contribution is -0.193. The number of aliphatic carboxylic acids is 4. The van der Waals surface area contributed by atoms with Crippen LogP contribution in [-0.2, 0) is 41.9 Å². The van der Waals surface area contributed by atoms with E-state index in [0.29, 0.717) is 89.2 Å². The summed E-state index contributed by atoms with van der Waals surface area (Å²) in [4.78, 5) is 67.7. The minimum absolute atomic E-state index is 0.0237.